The third-order valence-corrected chi connectivity index (χ3v) is 3.17. The molecule has 0 heterocycles. The van der Waals surface area contributed by atoms with Crippen LogP contribution in [-0.4, -0.2) is 21.0 Å². The molecule has 8 heteroatoms. The van der Waals surface area contributed by atoms with Crippen LogP contribution < -0.4 is 0 Å². The van der Waals surface area contributed by atoms with Crippen LogP contribution >= 0.6 is 0 Å². The summed E-state index contributed by atoms with van der Waals surface area (Å²) < 4.78 is 30.8. The van der Waals surface area contributed by atoms with Crippen molar-refractivity contribution < 1.29 is 17.9 Å². The van der Waals surface area contributed by atoms with Crippen molar-refractivity contribution in [1.29, 1.82) is 0 Å². The summed E-state index contributed by atoms with van der Waals surface area (Å²) in [5, 5.41) is 0. The van der Waals surface area contributed by atoms with Gasteiger partial charge in [0.1, 0.15) is 0 Å². The van der Waals surface area contributed by atoms with Crippen molar-refractivity contribution in [2.24, 2.45) is 4.52 Å². The Morgan fingerprint density at radius 2 is 2.11 bits per heavy atom. The standard InChI is InChI=1S/C10H11N3O4S/c1-2-7-17-10(14)8-5-3-4-6-9(8)18(15,16)13-12-11/h3-6H,2,7H2,1H3. The molecule has 1 aromatic carbocycles. The van der Waals surface area contributed by atoms with Gasteiger partial charge in [-0.3, -0.25) is 0 Å². The molecule has 0 N–H and O–H groups in total. The summed E-state index contributed by atoms with van der Waals surface area (Å²) in [6.07, 6.45) is 0.622. The van der Waals surface area contributed by atoms with Gasteiger partial charge in [0.15, 0.2) is 0 Å². The first-order chi connectivity index (χ1) is 8.53. The second kappa shape index (κ2) is 6.04. The number of azide groups is 1. The van der Waals surface area contributed by atoms with Gasteiger partial charge in [-0.2, -0.15) is 0 Å². The van der Waals surface area contributed by atoms with E-state index in [-0.39, 0.29) is 17.1 Å². The number of esters is 1. The van der Waals surface area contributed by atoms with Crippen molar-refractivity contribution in [3.05, 3.63) is 40.3 Å². The smallest absolute Gasteiger partial charge is 0.339 e. The molecule has 0 aliphatic heterocycles. The van der Waals surface area contributed by atoms with Crippen molar-refractivity contribution in [1.82, 2.24) is 0 Å². The molecule has 96 valence electrons. The largest absolute Gasteiger partial charge is 0.462 e. The van der Waals surface area contributed by atoms with Gasteiger partial charge in [-0.25, -0.2) is 13.2 Å². The van der Waals surface area contributed by atoms with E-state index in [1.165, 1.54) is 24.3 Å². The van der Waals surface area contributed by atoms with E-state index in [9.17, 15) is 13.2 Å². The van der Waals surface area contributed by atoms with Gasteiger partial charge in [-0.15, -0.1) is 0 Å². The zero-order valence-electron chi connectivity index (χ0n) is 9.61. The number of carbonyl (C=O) groups excluding carboxylic acids is 1. The fourth-order valence-corrected chi connectivity index (χ4v) is 2.09. The molecule has 0 spiro atoms. The van der Waals surface area contributed by atoms with Gasteiger partial charge < -0.3 is 4.74 Å². The molecule has 0 aliphatic rings. The number of hydrogen-bond acceptors (Lipinski definition) is 4. The van der Waals surface area contributed by atoms with Crippen LogP contribution in [0.3, 0.4) is 0 Å². The van der Waals surface area contributed by atoms with E-state index in [0.717, 1.165) is 0 Å². The monoisotopic (exact) mass is 269 g/mol. The van der Waals surface area contributed by atoms with Crippen LogP contribution in [0.1, 0.15) is 23.7 Å². The van der Waals surface area contributed by atoms with Gasteiger partial charge in [0, 0.05) is 9.43 Å². The van der Waals surface area contributed by atoms with Crippen molar-refractivity contribution >= 4 is 16.0 Å². The molecule has 0 aliphatic carbocycles. The second-order valence-corrected chi connectivity index (χ2v) is 4.83. The third-order valence-electron chi connectivity index (χ3n) is 1.97. The number of rotatable bonds is 5. The van der Waals surface area contributed by atoms with E-state index in [2.05, 4.69) is 9.43 Å². The number of sulfonamides is 1. The highest BCUT2D eigenvalue weighted by Gasteiger charge is 2.21. The molecule has 1 aromatic rings. The van der Waals surface area contributed by atoms with Crippen molar-refractivity contribution in [2.45, 2.75) is 18.2 Å². The van der Waals surface area contributed by atoms with E-state index in [0.29, 0.717) is 6.42 Å². The molecule has 0 aromatic heterocycles. The third kappa shape index (κ3) is 3.22. The zero-order valence-corrected chi connectivity index (χ0v) is 10.4. The molecule has 0 fully saturated rings. The molecular formula is C10H11N3O4S. The van der Waals surface area contributed by atoms with E-state index in [4.69, 9.17) is 10.3 Å². The maximum Gasteiger partial charge on any atom is 0.339 e. The van der Waals surface area contributed by atoms with Crippen LogP contribution in [0.2, 0.25) is 0 Å². The van der Waals surface area contributed by atoms with Crippen molar-refractivity contribution in [2.75, 3.05) is 6.61 Å². The Bertz CT molecular complexity index is 591. The first-order valence-corrected chi connectivity index (χ1v) is 6.54. The lowest BCUT2D eigenvalue weighted by atomic mass is 10.2. The van der Waals surface area contributed by atoms with E-state index in [1.807, 2.05) is 6.92 Å². The average Bonchev–Trinajstić information content (AvgIpc) is 2.36. The summed E-state index contributed by atoms with van der Waals surface area (Å²) in [5.41, 5.74) is 8.06. The normalized spacial score (nSPS) is 10.5. The molecule has 0 amide bonds. The number of carbonyl (C=O) groups is 1. The highest BCUT2D eigenvalue weighted by Crippen LogP contribution is 2.19. The summed E-state index contributed by atoms with van der Waals surface area (Å²) in [6, 6.07) is 5.42. The van der Waals surface area contributed by atoms with Crippen molar-refractivity contribution in [3.63, 3.8) is 0 Å². The maximum absolute atomic E-state index is 11.7. The molecule has 7 nitrogen and oxygen atoms in total. The lowest BCUT2D eigenvalue weighted by Gasteiger charge is -2.06. The molecule has 0 bridgehead atoms. The quantitative estimate of drug-likeness (QED) is 0.353. The number of nitrogens with zero attached hydrogens (tertiary/aromatic N) is 3. The molecule has 18 heavy (non-hydrogen) atoms. The Labute approximate surface area is 104 Å². The Kier molecular flexibility index (Phi) is 4.70. The van der Waals surface area contributed by atoms with Crippen LogP contribution in [-0.2, 0) is 14.8 Å². The summed E-state index contributed by atoms with van der Waals surface area (Å²) >= 11 is 0. The second-order valence-electron chi connectivity index (χ2n) is 3.28. The summed E-state index contributed by atoms with van der Waals surface area (Å²) in [6.45, 7) is 2.00. The number of ether oxygens (including phenoxy) is 1. The van der Waals surface area contributed by atoms with Crippen LogP contribution in [0.15, 0.2) is 33.7 Å². The Balaban J connectivity index is 3.23. The lowest BCUT2D eigenvalue weighted by Crippen LogP contribution is -2.11. The predicted molar refractivity (Wildman–Crippen MR) is 63.3 cm³/mol. The number of hydrogen-bond donors (Lipinski definition) is 0. The van der Waals surface area contributed by atoms with Gasteiger partial charge in [0.05, 0.1) is 17.1 Å². The Hall–Kier alpha value is -2.05. The van der Waals surface area contributed by atoms with Crippen LogP contribution in [0.4, 0.5) is 0 Å². The van der Waals surface area contributed by atoms with Gasteiger partial charge >= 0.3 is 5.97 Å². The molecule has 0 saturated heterocycles. The average molecular weight is 269 g/mol. The summed E-state index contributed by atoms with van der Waals surface area (Å²) in [5.74, 6) is -0.760. The highest BCUT2D eigenvalue weighted by molar-refractivity contribution is 7.90. The topological polar surface area (TPSA) is 109 Å². The minimum atomic E-state index is -4.20. The van der Waals surface area contributed by atoms with Crippen LogP contribution in [0.5, 0.6) is 0 Å². The highest BCUT2D eigenvalue weighted by atomic mass is 32.2. The lowest BCUT2D eigenvalue weighted by molar-refractivity contribution is 0.0500. The van der Waals surface area contributed by atoms with Gasteiger partial charge in [0.2, 0.25) is 0 Å². The zero-order chi connectivity index (χ0) is 13.6. The minimum Gasteiger partial charge on any atom is -0.462 e. The Morgan fingerprint density at radius 3 is 2.72 bits per heavy atom. The molecule has 0 unspecified atom stereocenters. The Morgan fingerprint density at radius 1 is 1.44 bits per heavy atom. The van der Waals surface area contributed by atoms with Crippen LogP contribution in [0, 0.1) is 0 Å². The van der Waals surface area contributed by atoms with E-state index >= 15 is 0 Å². The first kappa shape index (κ1) is 14.0. The minimum absolute atomic E-state index is 0.140. The molecule has 0 radical (unpaired) electrons. The molecule has 0 atom stereocenters. The van der Waals surface area contributed by atoms with E-state index < -0.39 is 16.0 Å². The van der Waals surface area contributed by atoms with Gasteiger partial charge in [-0.1, -0.05) is 19.1 Å². The molecular weight excluding hydrogens is 258 g/mol. The van der Waals surface area contributed by atoms with Crippen molar-refractivity contribution in [3.8, 4) is 0 Å². The SMILES string of the molecule is CCCOC(=O)c1ccccc1S(=O)(=O)N=[N+]=[N-]. The summed E-state index contributed by atoms with van der Waals surface area (Å²) in [7, 11) is -4.20. The fourth-order valence-electron chi connectivity index (χ4n) is 1.22. The predicted octanol–water partition coefficient (Wildman–Crippen LogP) is 2.25. The van der Waals surface area contributed by atoms with Crippen LogP contribution in [0.25, 0.3) is 10.4 Å². The number of benzene rings is 1. The summed E-state index contributed by atoms with van der Waals surface area (Å²) in [4.78, 5) is 13.5. The first-order valence-electron chi connectivity index (χ1n) is 5.10. The molecule has 0 saturated carbocycles. The molecule has 1 rings (SSSR count). The van der Waals surface area contributed by atoms with Gasteiger partial charge in [-0.05, 0) is 24.1 Å². The van der Waals surface area contributed by atoms with Gasteiger partial charge in [0.25, 0.3) is 10.0 Å². The fraction of sp³-hybridized carbons (Fsp3) is 0.300. The maximum atomic E-state index is 11.7. The van der Waals surface area contributed by atoms with E-state index in [1.54, 1.807) is 0 Å².